The van der Waals surface area contributed by atoms with Crippen LogP contribution in [0.5, 0.6) is 0 Å². The molecule has 1 aromatic carbocycles. The topological polar surface area (TPSA) is 51.2 Å². The first-order valence-electron chi connectivity index (χ1n) is 12.3. The Morgan fingerprint density at radius 3 is 2.15 bits per heavy atom. The van der Waals surface area contributed by atoms with Gasteiger partial charge < -0.3 is 0 Å². The molecule has 33 heavy (non-hydrogen) atoms. The second-order valence-electron chi connectivity index (χ2n) is 12.1. The second-order valence-corrected chi connectivity index (χ2v) is 12.1. The average molecular weight is 447 g/mol. The summed E-state index contributed by atoms with van der Waals surface area (Å²) in [5.74, 6) is 0.159. The zero-order valence-corrected chi connectivity index (χ0v) is 22.0. The minimum atomic E-state index is -0.853. The van der Waals surface area contributed by atoms with E-state index in [0.29, 0.717) is 17.9 Å². The van der Waals surface area contributed by atoms with Gasteiger partial charge in [0.05, 0.1) is 11.0 Å². The third-order valence-electron chi connectivity index (χ3n) is 9.46. The highest BCUT2D eigenvalue weighted by Gasteiger charge is 2.63. The van der Waals surface area contributed by atoms with Crippen LogP contribution in [0.4, 0.5) is 0 Å². The zero-order valence-electron chi connectivity index (χ0n) is 22.0. The van der Waals surface area contributed by atoms with E-state index in [4.69, 9.17) is 0 Å². The molecule has 3 aliphatic carbocycles. The van der Waals surface area contributed by atoms with E-state index in [2.05, 4.69) is 47.6 Å². The van der Waals surface area contributed by atoms with Crippen molar-refractivity contribution >= 4 is 17.3 Å². The molecule has 0 heterocycles. The quantitative estimate of drug-likeness (QED) is 0.470. The van der Waals surface area contributed by atoms with Crippen molar-refractivity contribution < 1.29 is 14.4 Å². The fraction of sp³-hybridized carbons (Fsp3) is 0.567. The Bertz CT molecular complexity index is 1210. The molecule has 1 aromatic rings. The van der Waals surface area contributed by atoms with Gasteiger partial charge in [-0.25, -0.2) is 0 Å². The maximum atomic E-state index is 14.3. The summed E-state index contributed by atoms with van der Waals surface area (Å²) in [7, 11) is 0. The number of Topliss-reactive ketones (excluding diaryl/α,β-unsaturated/α-hetero) is 3. The molecule has 0 N–H and O–H groups in total. The molecular formula is C30H38O3. The molecule has 4 rings (SSSR count). The van der Waals surface area contributed by atoms with E-state index in [1.54, 1.807) is 0 Å². The van der Waals surface area contributed by atoms with Crippen LogP contribution < -0.4 is 0 Å². The molecule has 3 heteroatoms. The molecule has 0 saturated carbocycles. The number of aryl methyl sites for hydroxylation is 1. The Morgan fingerprint density at radius 1 is 1.00 bits per heavy atom. The van der Waals surface area contributed by atoms with Gasteiger partial charge in [-0.3, -0.25) is 14.4 Å². The van der Waals surface area contributed by atoms with E-state index in [0.717, 1.165) is 46.3 Å². The number of benzene rings is 1. The Balaban J connectivity index is 2.05. The molecule has 0 aromatic heterocycles. The molecule has 0 bridgehead atoms. The third-order valence-corrected chi connectivity index (χ3v) is 9.46. The molecule has 0 amide bonds. The lowest BCUT2D eigenvalue weighted by Gasteiger charge is -2.59. The zero-order chi connectivity index (χ0) is 24.8. The summed E-state index contributed by atoms with van der Waals surface area (Å²) in [6, 6.07) is 2.27. The van der Waals surface area contributed by atoms with Gasteiger partial charge >= 0.3 is 0 Å². The maximum absolute atomic E-state index is 14.3. The van der Waals surface area contributed by atoms with Crippen LogP contribution >= 0.6 is 0 Å². The van der Waals surface area contributed by atoms with Gasteiger partial charge in [-0.1, -0.05) is 44.9 Å². The first-order chi connectivity index (χ1) is 15.1. The van der Waals surface area contributed by atoms with Crippen LogP contribution in [0.25, 0.3) is 0 Å². The van der Waals surface area contributed by atoms with Crippen LogP contribution in [0.2, 0.25) is 0 Å². The van der Waals surface area contributed by atoms with Crippen molar-refractivity contribution in [2.24, 2.45) is 16.2 Å². The minimum absolute atomic E-state index is 0.0890. The Morgan fingerprint density at radius 2 is 1.61 bits per heavy atom. The number of ketones is 3. The molecule has 0 aliphatic heterocycles. The first kappa shape index (κ1) is 23.9. The number of carbonyl (C=O) groups is 3. The summed E-state index contributed by atoms with van der Waals surface area (Å²) in [6.45, 7) is 20.3. The molecule has 0 radical (unpaired) electrons. The van der Waals surface area contributed by atoms with Crippen LogP contribution in [-0.2, 0) is 16.0 Å². The van der Waals surface area contributed by atoms with E-state index >= 15 is 0 Å². The van der Waals surface area contributed by atoms with Gasteiger partial charge in [-0.15, -0.1) is 0 Å². The predicted molar refractivity (Wildman–Crippen MR) is 133 cm³/mol. The molecule has 3 nitrogen and oxygen atoms in total. The third kappa shape index (κ3) is 2.90. The van der Waals surface area contributed by atoms with E-state index in [1.807, 2.05) is 20.8 Å². The van der Waals surface area contributed by atoms with Crippen molar-refractivity contribution in [3.05, 3.63) is 56.2 Å². The summed E-state index contributed by atoms with van der Waals surface area (Å²) < 4.78 is 0. The number of fused-ring (bicyclic) bond motifs is 3. The maximum Gasteiger partial charge on any atom is 0.190 e. The normalized spacial score (nSPS) is 31.6. The smallest absolute Gasteiger partial charge is 0.190 e. The van der Waals surface area contributed by atoms with Crippen LogP contribution in [0.1, 0.15) is 107 Å². The number of rotatable bonds is 2. The van der Waals surface area contributed by atoms with Gasteiger partial charge in [0.25, 0.3) is 0 Å². The lowest BCUT2D eigenvalue weighted by molar-refractivity contribution is -0.134. The van der Waals surface area contributed by atoms with Crippen LogP contribution in [0.15, 0.2) is 28.4 Å². The Kier molecular flexibility index (Phi) is 5.14. The summed E-state index contributed by atoms with van der Waals surface area (Å²) in [5.41, 5.74) is 6.91. The van der Waals surface area contributed by atoms with Gasteiger partial charge in [0.1, 0.15) is 0 Å². The molecular weight excluding hydrogens is 408 g/mol. The molecule has 176 valence electrons. The predicted octanol–water partition coefficient (Wildman–Crippen LogP) is 6.78. The summed E-state index contributed by atoms with van der Waals surface area (Å²) >= 11 is 0. The van der Waals surface area contributed by atoms with E-state index in [9.17, 15) is 14.4 Å². The highest BCUT2D eigenvalue weighted by molar-refractivity contribution is 6.24. The summed E-state index contributed by atoms with van der Waals surface area (Å²) in [5, 5.41) is 0. The summed E-state index contributed by atoms with van der Waals surface area (Å²) in [6.07, 6.45) is 2.28. The van der Waals surface area contributed by atoms with Gasteiger partial charge in [0, 0.05) is 16.6 Å². The van der Waals surface area contributed by atoms with Crippen molar-refractivity contribution in [1.29, 1.82) is 0 Å². The standard InChI is InChI=1S/C30H38O3/c1-15(2)21-11-16(3)18(5)24-22(21)13-28(8)14-29(9)12-17(4)23(20(7)31)27(33)30(29,10)19(6)25(28)26(24)32/h11,15H,12-14H2,1-10H3. The summed E-state index contributed by atoms with van der Waals surface area (Å²) in [4.78, 5) is 40.6. The number of hydrogen-bond donors (Lipinski definition) is 0. The fourth-order valence-electron chi connectivity index (χ4n) is 7.66. The second kappa shape index (κ2) is 7.10. The molecule has 0 fully saturated rings. The van der Waals surface area contributed by atoms with Gasteiger partial charge in [0.15, 0.2) is 17.3 Å². The number of carbonyl (C=O) groups excluding carboxylic acids is 3. The first-order valence-corrected chi connectivity index (χ1v) is 12.3. The Hall–Kier alpha value is -2.29. The van der Waals surface area contributed by atoms with Gasteiger partial charge in [-0.05, 0) is 94.4 Å². The minimum Gasteiger partial charge on any atom is -0.294 e. The van der Waals surface area contributed by atoms with Crippen LogP contribution in [0.3, 0.4) is 0 Å². The molecule has 0 saturated heterocycles. The number of hydrogen-bond acceptors (Lipinski definition) is 3. The molecule has 0 spiro atoms. The molecule has 3 aliphatic rings. The van der Waals surface area contributed by atoms with E-state index < -0.39 is 5.41 Å². The monoisotopic (exact) mass is 446 g/mol. The van der Waals surface area contributed by atoms with Crippen molar-refractivity contribution in [2.75, 3.05) is 0 Å². The van der Waals surface area contributed by atoms with E-state index in [1.165, 1.54) is 18.1 Å². The van der Waals surface area contributed by atoms with Crippen molar-refractivity contribution in [2.45, 2.75) is 94.4 Å². The van der Waals surface area contributed by atoms with Crippen molar-refractivity contribution in [3.63, 3.8) is 0 Å². The van der Waals surface area contributed by atoms with Crippen molar-refractivity contribution in [3.8, 4) is 0 Å². The van der Waals surface area contributed by atoms with Crippen molar-refractivity contribution in [1.82, 2.24) is 0 Å². The largest absolute Gasteiger partial charge is 0.294 e. The van der Waals surface area contributed by atoms with Crippen LogP contribution in [-0.4, -0.2) is 17.3 Å². The highest BCUT2D eigenvalue weighted by atomic mass is 16.2. The SMILES string of the molecule is CC(=O)C1=C(C)CC2(C)CC3(C)Cc4c(C(C)C)cc(C)c(C)c4C(=O)C3=C(C)C2(C)C1=O. The fourth-order valence-corrected chi connectivity index (χ4v) is 7.66. The van der Waals surface area contributed by atoms with E-state index in [-0.39, 0.29) is 28.2 Å². The average Bonchev–Trinajstić information content (AvgIpc) is 2.66. The molecule has 3 atom stereocenters. The lowest BCUT2D eigenvalue weighted by atomic mass is 9.42. The molecule has 3 unspecified atom stereocenters. The van der Waals surface area contributed by atoms with Gasteiger partial charge in [-0.2, -0.15) is 0 Å². The highest BCUT2D eigenvalue weighted by Crippen LogP contribution is 2.66. The Labute approximate surface area is 198 Å². The lowest BCUT2D eigenvalue weighted by Crippen LogP contribution is -2.57. The van der Waals surface area contributed by atoms with Gasteiger partial charge in [0.2, 0.25) is 0 Å². The van der Waals surface area contributed by atoms with Crippen LogP contribution in [0, 0.1) is 30.1 Å². The number of allylic oxidation sites excluding steroid dienone is 4.